The Morgan fingerprint density at radius 2 is 0.700 bits per heavy atom. The summed E-state index contributed by atoms with van der Waals surface area (Å²) in [7, 11) is 0. The number of nitrogens with one attached hydrogen (secondary N) is 2. The Hall–Kier alpha value is -10.4. The van der Waals surface area contributed by atoms with Crippen LogP contribution in [0.4, 0.5) is 17.6 Å². The van der Waals surface area contributed by atoms with Crippen molar-refractivity contribution >= 4 is 46.4 Å². The number of hydrogen-bond donors (Lipinski definition) is 2. The molecule has 5 heterocycles. The van der Waals surface area contributed by atoms with E-state index in [1.165, 1.54) is 0 Å². The van der Waals surface area contributed by atoms with E-state index in [2.05, 4.69) is 15.9 Å². The fourth-order valence-corrected chi connectivity index (χ4v) is 9.90. The van der Waals surface area contributed by atoms with Crippen LogP contribution in [0.3, 0.4) is 0 Å². The lowest BCUT2D eigenvalue weighted by molar-refractivity contribution is 0.306. The second-order valence-corrected chi connectivity index (χ2v) is 18.9. The maximum Gasteiger partial charge on any atom is 0.204 e. The minimum Gasteiger partial charge on any atom is -0.489 e. The number of halogens is 4. The van der Waals surface area contributed by atoms with Gasteiger partial charge in [-0.25, -0.2) is 18.7 Å². The first kappa shape index (κ1) is 50.4. The van der Waals surface area contributed by atoms with Gasteiger partial charge in [0, 0.05) is 44.3 Å². The average molecular weight is 1060 g/mol. The third-order valence-corrected chi connectivity index (χ3v) is 13.6. The zero-order valence-electron chi connectivity index (χ0n) is 42.7. The first-order chi connectivity index (χ1) is 39.3. The number of rotatable bonds is 15. The topological polar surface area (TPSA) is 94.3 Å². The summed E-state index contributed by atoms with van der Waals surface area (Å²) in [4.78, 5) is 17.6. The molecule has 0 unspecified atom stereocenters. The fourth-order valence-electron chi connectivity index (χ4n) is 9.90. The number of terminal acetylenes is 1. The molecule has 2 N–H and O–H groups in total. The summed E-state index contributed by atoms with van der Waals surface area (Å²) in [5, 5.41) is 0. The molecule has 3 aromatic heterocycles. The van der Waals surface area contributed by atoms with E-state index >= 15 is 17.6 Å². The van der Waals surface area contributed by atoms with Crippen molar-refractivity contribution in [2.24, 2.45) is 0 Å². The van der Waals surface area contributed by atoms with Crippen molar-refractivity contribution in [2.45, 2.75) is 19.8 Å². The van der Waals surface area contributed by atoms with E-state index in [1.54, 1.807) is 24.3 Å². The van der Waals surface area contributed by atoms with Crippen molar-refractivity contribution in [1.82, 2.24) is 19.9 Å². The highest BCUT2D eigenvalue weighted by molar-refractivity contribution is 6.00. The van der Waals surface area contributed by atoms with Gasteiger partial charge in [0.15, 0.2) is 17.4 Å². The van der Waals surface area contributed by atoms with E-state index in [-0.39, 0.29) is 16.8 Å². The second-order valence-electron chi connectivity index (χ2n) is 18.9. The first-order valence-corrected chi connectivity index (χ1v) is 25.7. The molecule has 0 atom stereocenters. The molecule has 10 aromatic rings. The molecular weight excluding hydrogens is 1010 g/mol. The van der Waals surface area contributed by atoms with Crippen LogP contribution in [0, 0.1) is 35.6 Å². The Balaban J connectivity index is 1.14. The lowest BCUT2D eigenvalue weighted by atomic mass is 10.0. The Morgan fingerprint density at radius 1 is 0.362 bits per heavy atom. The summed E-state index contributed by atoms with van der Waals surface area (Å²) in [6.45, 7) is 0.306. The van der Waals surface area contributed by atoms with Crippen LogP contribution < -0.4 is 18.9 Å². The van der Waals surface area contributed by atoms with Gasteiger partial charge >= 0.3 is 0 Å². The van der Waals surface area contributed by atoms with Crippen LogP contribution in [0.2, 0.25) is 0 Å². The van der Waals surface area contributed by atoms with Gasteiger partial charge < -0.3 is 28.9 Å². The zero-order valence-corrected chi connectivity index (χ0v) is 42.7. The average Bonchev–Trinajstić information content (AvgIpc) is 4.45. The number of fused-ring (bicyclic) bond motifs is 8. The molecular formula is C68H46F4N4O4. The highest BCUT2D eigenvalue weighted by Gasteiger charge is 2.31. The minimum atomic E-state index is -1.76. The molecule has 12 heteroatoms. The van der Waals surface area contributed by atoms with Crippen molar-refractivity contribution < 1.29 is 36.5 Å². The summed E-state index contributed by atoms with van der Waals surface area (Å²) in [5.41, 5.74) is 8.96. The first-order valence-electron chi connectivity index (χ1n) is 25.7. The smallest absolute Gasteiger partial charge is 0.204 e. The van der Waals surface area contributed by atoms with E-state index in [4.69, 9.17) is 35.3 Å². The van der Waals surface area contributed by atoms with Crippen LogP contribution in [-0.2, 0) is 19.8 Å². The predicted molar refractivity (Wildman–Crippen MR) is 307 cm³/mol. The van der Waals surface area contributed by atoms with Gasteiger partial charge in [0.1, 0.15) is 43.7 Å². The number of nitrogens with zero attached hydrogens (tertiary/aromatic N) is 2. The molecule has 0 aliphatic carbocycles. The molecule has 7 aromatic carbocycles. The van der Waals surface area contributed by atoms with Crippen LogP contribution in [-0.4, -0.2) is 26.5 Å². The van der Waals surface area contributed by atoms with Crippen molar-refractivity contribution in [1.29, 1.82) is 0 Å². The molecule has 0 amide bonds. The van der Waals surface area contributed by atoms with Crippen molar-refractivity contribution in [2.75, 3.05) is 6.61 Å². The van der Waals surface area contributed by atoms with E-state index in [1.807, 2.05) is 188 Å². The third-order valence-electron chi connectivity index (χ3n) is 13.6. The Bertz CT molecular complexity index is 4150. The Morgan fingerprint density at radius 3 is 1.05 bits per heavy atom. The second kappa shape index (κ2) is 22.3. The van der Waals surface area contributed by atoms with Gasteiger partial charge in [-0.3, -0.25) is 0 Å². The van der Waals surface area contributed by atoms with Gasteiger partial charge in [-0.1, -0.05) is 133 Å². The van der Waals surface area contributed by atoms with Crippen LogP contribution in [0.25, 0.3) is 90.9 Å². The number of H-pyrrole nitrogens is 2. The normalized spacial score (nSPS) is 11.6. The standard InChI is InChI=1S/C68H46F4N4O4/c1-2-35-77-68-66(71)64(69)63(65(70)67(68)72)62-57-33-31-55(75-57)60(46-22-13-25-49(37-46)79-40-43-17-8-4-9-18-43)53-29-27-51(73-53)59(45-21-12-24-48(36-45)78-39-42-15-6-3-7-16-42)52-28-30-54(74-52)61(56-32-34-58(62)76-56)47-23-14-26-50(38-47)80-41-44-19-10-5-11-20-44/h1,3-34,36-38,73,76H,35,39-41H2. The van der Waals surface area contributed by atoms with E-state index in [0.717, 1.165) is 27.8 Å². The zero-order chi connectivity index (χ0) is 54.5. The van der Waals surface area contributed by atoms with Crippen molar-refractivity contribution in [3.05, 3.63) is 251 Å². The van der Waals surface area contributed by atoms with Crippen molar-refractivity contribution in [3.63, 3.8) is 0 Å². The maximum atomic E-state index is 16.9. The number of aromatic nitrogens is 4. The fraction of sp³-hybridized carbons (Fsp3) is 0.0588. The molecule has 80 heavy (non-hydrogen) atoms. The SMILES string of the molecule is C#CCOc1c(F)c(F)c(-c2c3nc(c(-c4cccc(OCc5ccccc5)c4)c4ccc([nH]4)c(-c4cccc(OCc5ccccc5)c4)c4nc(c(-c5cccc(OCc6ccccc6)c5)c5ccc2[nH]5)C=C4)C=C3)c(F)c1F. The molecule has 0 fully saturated rings. The summed E-state index contributed by atoms with van der Waals surface area (Å²) in [6.07, 6.45) is 12.4. The molecule has 0 saturated heterocycles. The van der Waals surface area contributed by atoms with E-state index in [0.29, 0.717) is 93.0 Å². The maximum absolute atomic E-state index is 16.9. The molecule has 0 radical (unpaired) electrons. The van der Waals surface area contributed by atoms with Gasteiger partial charge in [0.2, 0.25) is 11.6 Å². The van der Waals surface area contributed by atoms with Crippen LogP contribution in [0.5, 0.6) is 23.0 Å². The van der Waals surface area contributed by atoms with E-state index < -0.39 is 41.2 Å². The molecule has 2 aliphatic heterocycles. The summed E-state index contributed by atoms with van der Waals surface area (Å²) in [5.74, 6) is -4.38. The largest absolute Gasteiger partial charge is 0.489 e. The summed E-state index contributed by atoms with van der Waals surface area (Å²) >= 11 is 0. The summed E-state index contributed by atoms with van der Waals surface area (Å²) < 4.78 is 90.2. The van der Waals surface area contributed by atoms with Gasteiger partial charge in [0.05, 0.1) is 28.3 Å². The number of benzene rings is 7. The highest BCUT2D eigenvalue weighted by Crippen LogP contribution is 2.43. The quantitative estimate of drug-likeness (QED) is 0.0603. The number of aromatic amines is 2. The molecule has 0 spiro atoms. The number of hydrogen-bond acceptors (Lipinski definition) is 6. The van der Waals surface area contributed by atoms with Gasteiger partial charge in [-0.05, 0) is 118 Å². The van der Waals surface area contributed by atoms with Crippen LogP contribution in [0.1, 0.15) is 39.5 Å². The Labute approximate surface area is 458 Å². The molecule has 8 bridgehead atoms. The highest BCUT2D eigenvalue weighted by atomic mass is 19.2. The van der Waals surface area contributed by atoms with Gasteiger partial charge in [-0.15, -0.1) is 6.42 Å². The monoisotopic (exact) mass is 1060 g/mol. The molecule has 8 nitrogen and oxygen atoms in total. The lowest BCUT2D eigenvalue weighted by Gasteiger charge is -2.13. The van der Waals surface area contributed by atoms with Gasteiger partial charge in [-0.2, -0.15) is 8.78 Å². The van der Waals surface area contributed by atoms with E-state index in [9.17, 15) is 0 Å². The Kier molecular flexibility index (Phi) is 14.1. The minimum absolute atomic E-state index is 0.0127. The summed E-state index contributed by atoms with van der Waals surface area (Å²) in [6, 6.07) is 59.5. The number of ether oxygens (including phenoxy) is 4. The molecule has 12 rings (SSSR count). The van der Waals surface area contributed by atoms with Gasteiger partial charge in [0.25, 0.3) is 0 Å². The molecule has 2 aliphatic rings. The van der Waals surface area contributed by atoms with Crippen molar-refractivity contribution in [3.8, 4) is 79.8 Å². The third kappa shape index (κ3) is 10.3. The predicted octanol–water partition coefficient (Wildman–Crippen LogP) is 16.6. The lowest BCUT2D eigenvalue weighted by Crippen LogP contribution is -2.07. The van der Waals surface area contributed by atoms with Crippen LogP contribution in [0.15, 0.2) is 188 Å². The van der Waals surface area contributed by atoms with Crippen LogP contribution >= 0.6 is 0 Å². The molecule has 0 saturated carbocycles. The molecule has 390 valence electrons.